The van der Waals surface area contributed by atoms with E-state index in [0.29, 0.717) is 11.8 Å². The summed E-state index contributed by atoms with van der Waals surface area (Å²) in [7, 11) is 0. The second kappa shape index (κ2) is 4.56. The summed E-state index contributed by atoms with van der Waals surface area (Å²) in [5.74, 6) is 0.963. The molecule has 102 valence electrons. The molecule has 0 aromatic carbocycles. The lowest BCUT2D eigenvalue weighted by Gasteiger charge is -2.43. The number of hydrogen-bond acceptors (Lipinski definition) is 2. The lowest BCUT2D eigenvalue weighted by molar-refractivity contribution is -0.152. The molecule has 1 N–H and O–H groups in total. The standard InChI is InChI=1S/C14H24N2O2/c1-9(2)7-10(3)16-8-12(17)15-14(4,13(16)18)11-5-6-11/h9-11H,5-8H2,1-4H3,(H,15,17). The van der Waals surface area contributed by atoms with Gasteiger partial charge in [0.1, 0.15) is 5.54 Å². The van der Waals surface area contributed by atoms with Crippen molar-refractivity contribution < 1.29 is 9.59 Å². The Bertz CT molecular complexity index is 363. The summed E-state index contributed by atoms with van der Waals surface area (Å²) in [6, 6.07) is 0.140. The van der Waals surface area contributed by atoms with E-state index in [0.717, 1.165) is 19.3 Å². The van der Waals surface area contributed by atoms with E-state index in [1.54, 1.807) is 4.90 Å². The van der Waals surface area contributed by atoms with Crippen molar-refractivity contribution in [2.75, 3.05) is 6.54 Å². The van der Waals surface area contributed by atoms with E-state index >= 15 is 0 Å². The normalized spacial score (nSPS) is 30.6. The minimum absolute atomic E-state index is 0.0143. The zero-order valence-corrected chi connectivity index (χ0v) is 11.8. The molecule has 0 bridgehead atoms. The van der Waals surface area contributed by atoms with E-state index in [9.17, 15) is 9.59 Å². The lowest BCUT2D eigenvalue weighted by atomic mass is 9.90. The maximum absolute atomic E-state index is 12.6. The number of carbonyl (C=O) groups is 2. The van der Waals surface area contributed by atoms with Gasteiger partial charge in [-0.2, -0.15) is 0 Å². The molecule has 2 amide bonds. The minimum atomic E-state index is -0.652. The molecule has 1 saturated carbocycles. The van der Waals surface area contributed by atoms with Crippen LogP contribution in [0.25, 0.3) is 0 Å². The molecule has 2 atom stereocenters. The van der Waals surface area contributed by atoms with Crippen molar-refractivity contribution in [3.63, 3.8) is 0 Å². The van der Waals surface area contributed by atoms with Gasteiger partial charge in [0, 0.05) is 6.04 Å². The van der Waals surface area contributed by atoms with Gasteiger partial charge in [0.25, 0.3) is 0 Å². The van der Waals surface area contributed by atoms with Crippen LogP contribution < -0.4 is 5.32 Å². The highest BCUT2D eigenvalue weighted by atomic mass is 16.2. The van der Waals surface area contributed by atoms with Crippen LogP contribution in [0.1, 0.15) is 47.0 Å². The number of amides is 2. The predicted molar refractivity (Wildman–Crippen MR) is 69.9 cm³/mol. The topological polar surface area (TPSA) is 49.4 Å². The van der Waals surface area contributed by atoms with Gasteiger partial charge in [0.15, 0.2) is 0 Å². The van der Waals surface area contributed by atoms with Crippen molar-refractivity contribution >= 4 is 11.8 Å². The number of hydrogen-bond donors (Lipinski definition) is 1. The highest BCUT2D eigenvalue weighted by Crippen LogP contribution is 2.42. The zero-order valence-electron chi connectivity index (χ0n) is 11.8. The van der Waals surface area contributed by atoms with Crippen molar-refractivity contribution in [2.45, 2.75) is 58.5 Å². The molecule has 4 nitrogen and oxygen atoms in total. The monoisotopic (exact) mass is 252 g/mol. The molecule has 18 heavy (non-hydrogen) atoms. The first-order chi connectivity index (χ1) is 8.34. The Morgan fingerprint density at radius 1 is 1.33 bits per heavy atom. The Labute approximate surface area is 109 Å². The minimum Gasteiger partial charge on any atom is -0.340 e. The molecule has 1 aliphatic carbocycles. The molecule has 2 fully saturated rings. The van der Waals surface area contributed by atoms with Gasteiger partial charge >= 0.3 is 0 Å². The smallest absolute Gasteiger partial charge is 0.249 e. The van der Waals surface area contributed by atoms with E-state index in [2.05, 4.69) is 19.2 Å². The Morgan fingerprint density at radius 2 is 1.94 bits per heavy atom. The van der Waals surface area contributed by atoms with E-state index in [-0.39, 0.29) is 24.4 Å². The molecule has 1 saturated heterocycles. The van der Waals surface area contributed by atoms with Crippen LogP contribution in [-0.2, 0) is 9.59 Å². The molecule has 0 radical (unpaired) electrons. The number of nitrogens with zero attached hydrogens (tertiary/aromatic N) is 1. The molecule has 0 aromatic rings. The van der Waals surface area contributed by atoms with Crippen molar-refractivity contribution in [2.24, 2.45) is 11.8 Å². The Hall–Kier alpha value is -1.06. The Morgan fingerprint density at radius 3 is 2.44 bits per heavy atom. The molecule has 2 rings (SSSR count). The fraction of sp³-hybridized carbons (Fsp3) is 0.857. The van der Waals surface area contributed by atoms with Gasteiger partial charge in [0.05, 0.1) is 6.54 Å². The van der Waals surface area contributed by atoms with Crippen LogP contribution in [0.5, 0.6) is 0 Å². The average Bonchev–Trinajstić information content (AvgIpc) is 3.05. The first-order valence-corrected chi connectivity index (χ1v) is 6.96. The lowest BCUT2D eigenvalue weighted by Crippen LogP contribution is -2.67. The molecule has 4 heteroatoms. The third-order valence-electron chi connectivity index (χ3n) is 4.16. The quantitative estimate of drug-likeness (QED) is 0.825. The first-order valence-electron chi connectivity index (χ1n) is 6.96. The van der Waals surface area contributed by atoms with Crippen LogP contribution >= 0.6 is 0 Å². The van der Waals surface area contributed by atoms with Gasteiger partial charge in [-0.1, -0.05) is 13.8 Å². The summed E-state index contributed by atoms with van der Waals surface area (Å²) in [6.45, 7) is 8.44. The molecule has 1 heterocycles. The number of piperazine rings is 1. The van der Waals surface area contributed by atoms with Gasteiger partial charge in [0.2, 0.25) is 11.8 Å². The summed E-state index contributed by atoms with van der Waals surface area (Å²) >= 11 is 0. The highest BCUT2D eigenvalue weighted by molar-refractivity contribution is 5.98. The van der Waals surface area contributed by atoms with Gasteiger partial charge in [-0.3, -0.25) is 9.59 Å². The molecule has 1 aliphatic heterocycles. The Balaban J connectivity index is 2.15. The maximum Gasteiger partial charge on any atom is 0.249 e. The maximum atomic E-state index is 12.6. The summed E-state index contributed by atoms with van der Waals surface area (Å²) in [6.07, 6.45) is 3.05. The first kappa shape index (κ1) is 13.4. The molecular weight excluding hydrogens is 228 g/mol. The van der Waals surface area contributed by atoms with Crippen LogP contribution in [0.15, 0.2) is 0 Å². The largest absolute Gasteiger partial charge is 0.340 e. The SMILES string of the molecule is CC(C)CC(C)N1CC(=O)NC(C)(C2CC2)C1=O. The van der Waals surface area contributed by atoms with Gasteiger partial charge in [-0.25, -0.2) is 0 Å². The van der Waals surface area contributed by atoms with Crippen LogP contribution in [-0.4, -0.2) is 34.8 Å². The second-order valence-corrected chi connectivity index (χ2v) is 6.44. The van der Waals surface area contributed by atoms with Gasteiger partial charge in [-0.05, 0) is 44.9 Å². The fourth-order valence-electron chi connectivity index (χ4n) is 3.01. The predicted octanol–water partition coefficient (Wildman–Crippen LogP) is 1.55. The van der Waals surface area contributed by atoms with E-state index < -0.39 is 5.54 Å². The fourth-order valence-corrected chi connectivity index (χ4v) is 3.01. The molecule has 0 spiro atoms. The average molecular weight is 252 g/mol. The van der Waals surface area contributed by atoms with Crippen molar-refractivity contribution in [1.82, 2.24) is 10.2 Å². The number of carbonyl (C=O) groups excluding carboxylic acids is 2. The summed E-state index contributed by atoms with van der Waals surface area (Å²) in [5, 5.41) is 2.91. The molecular formula is C14H24N2O2. The summed E-state index contributed by atoms with van der Waals surface area (Å²) in [5.41, 5.74) is -0.652. The van der Waals surface area contributed by atoms with Crippen molar-refractivity contribution in [3.8, 4) is 0 Å². The molecule has 2 aliphatic rings. The van der Waals surface area contributed by atoms with Crippen molar-refractivity contribution in [1.29, 1.82) is 0 Å². The van der Waals surface area contributed by atoms with E-state index in [4.69, 9.17) is 0 Å². The third-order valence-corrected chi connectivity index (χ3v) is 4.16. The van der Waals surface area contributed by atoms with Gasteiger partial charge in [-0.15, -0.1) is 0 Å². The summed E-state index contributed by atoms with van der Waals surface area (Å²) in [4.78, 5) is 26.2. The van der Waals surface area contributed by atoms with Gasteiger partial charge < -0.3 is 10.2 Å². The molecule has 2 unspecified atom stereocenters. The van der Waals surface area contributed by atoms with E-state index in [1.807, 2.05) is 13.8 Å². The third kappa shape index (κ3) is 2.38. The number of nitrogens with one attached hydrogen (secondary N) is 1. The number of rotatable bonds is 4. The Kier molecular flexibility index (Phi) is 3.39. The van der Waals surface area contributed by atoms with Crippen molar-refractivity contribution in [3.05, 3.63) is 0 Å². The molecule has 0 aromatic heterocycles. The zero-order chi connectivity index (χ0) is 13.5. The second-order valence-electron chi connectivity index (χ2n) is 6.44. The van der Waals surface area contributed by atoms with Crippen LogP contribution in [0.4, 0.5) is 0 Å². The van der Waals surface area contributed by atoms with Crippen LogP contribution in [0.3, 0.4) is 0 Å². The summed E-state index contributed by atoms with van der Waals surface area (Å²) < 4.78 is 0. The highest BCUT2D eigenvalue weighted by Gasteiger charge is 2.53. The van der Waals surface area contributed by atoms with E-state index in [1.165, 1.54) is 0 Å². The van der Waals surface area contributed by atoms with Crippen LogP contribution in [0, 0.1) is 11.8 Å². The van der Waals surface area contributed by atoms with Crippen LogP contribution in [0.2, 0.25) is 0 Å².